The second-order valence-electron chi connectivity index (χ2n) is 23.8. The maximum absolute atomic E-state index is 12.2. The molecule has 0 spiro atoms. The Kier molecular flexibility index (Phi) is 17.6. The van der Waals surface area contributed by atoms with E-state index in [1.54, 1.807) is 0 Å². The molecule has 0 radical (unpaired) electrons. The van der Waals surface area contributed by atoms with Crippen molar-refractivity contribution in [2.24, 2.45) is 46.3 Å². The lowest BCUT2D eigenvalue weighted by molar-refractivity contribution is -0.397. The van der Waals surface area contributed by atoms with Crippen LogP contribution in [0.15, 0.2) is 11.3 Å². The Hall–Kier alpha value is -1.34. The van der Waals surface area contributed by atoms with E-state index in [4.69, 9.17) is 42.6 Å². The largest absolute Gasteiger partial charge is 0.494 e. The van der Waals surface area contributed by atoms with Crippen LogP contribution in [0.2, 0.25) is 0 Å². The van der Waals surface area contributed by atoms with Gasteiger partial charge in [0.15, 0.2) is 25.2 Å². The van der Waals surface area contributed by atoms with Gasteiger partial charge in [-0.25, -0.2) is 0 Å². The normalized spacial score (nSPS) is 53.9. The van der Waals surface area contributed by atoms with E-state index >= 15 is 0 Å². The van der Waals surface area contributed by atoms with Crippen molar-refractivity contribution in [1.29, 1.82) is 0 Å². The van der Waals surface area contributed by atoms with E-state index in [9.17, 15) is 71.5 Å². The van der Waals surface area contributed by atoms with E-state index < -0.39 is 155 Å². The van der Waals surface area contributed by atoms with Crippen LogP contribution in [-0.4, -0.2) is 239 Å². The van der Waals surface area contributed by atoms with Gasteiger partial charge in [-0.05, 0) is 111 Å². The molecule has 9 aliphatic rings. The van der Waals surface area contributed by atoms with Gasteiger partial charge in [0.25, 0.3) is 0 Å². The highest BCUT2D eigenvalue weighted by Gasteiger charge is 2.66. The molecule has 74 heavy (non-hydrogen) atoms. The monoisotopic (exact) mass is 1060 g/mol. The van der Waals surface area contributed by atoms with Crippen LogP contribution in [0.3, 0.4) is 0 Å². The highest BCUT2D eigenvalue weighted by molar-refractivity contribution is 5.27. The third-order valence-electron chi connectivity index (χ3n) is 19.5. The summed E-state index contributed by atoms with van der Waals surface area (Å²) in [5.74, 6) is 2.54. The van der Waals surface area contributed by atoms with Crippen LogP contribution in [0.1, 0.15) is 92.4 Å². The van der Waals surface area contributed by atoms with Crippen molar-refractivity contribution in [3.8, 4) is 0 Å². The number of aliphatic hydroxyl groups is 14. The summed E-state index contributed by atoms with van der Waals surface area (Å²) in [5, 5.41) is 149. The highest BCUT2D eigenvalue weighted by Crippen LogP contribution is 2.70. The van der Waals surface area contributed by atoms with E-state index in [-0.39, 0.29) is 41.3 Å². The minimum absolute atomic E-state index is 0.00848. The summed E-state index contributed by atoms with van der Waals surface area (Å²) in [6.45, 7) is 8.53. The molecule has 0 unspecified atom stereocenters. The topological polar surface area (TPSA) is 366 Å². The second kappa shape index (κ2) is 22.7. The van der Waals surface area contributed by atoms with Crippen molar-refractivity contribution < 1.29 is 114 Å². The SMILES string of the molecule is CC1=C(CC[C@H](C)CO[C@@H]2O[C@H](CO)[C@@H](O)[C@H](O)[C@H]2O)O[C@H]2C[C@H]3[C@@H]4CC[C@H]5C[C@@H](O[C@@H]6O[C@H](CO)[C@@H](O)[C@H](O[C@@H]7O[C@H](CO)[C@@H](O)[C@H](O)[C@H]7O)[C@H]6O[C@@H]6O[C@@H](C)[C@H](O)[C@@H](O)[C@H]6O)[C@H](O)C[C@]5(C)[C@H]4CC[C@]3(C)[C@@H]12. The number of allylic oxidation sites excluding steroid dienone is 1. The maximum Gasteiger partial charge on any atom is 0.187 e. The van der Waals surface area contributed by atoms with Crippen molar-refractivity contribution in [2.75, 3.05) is 26.4 Å². The summed E-state index contributed by atoms with van der Waals surface area (Å²) < 4.78 is 54.7. The molecule has 0 amide bonds. The first-order valence-corrected chi connectivity index (χ1v) is 26.9. The van der Waals surface area contributed by atoms with Crippen LogP contribution in [0, 0.1) is 46.3 Å². The molecule has 0 bridgehead atoms. The summed E-state index contributed by atoms with van der Waals surface area (Å²) in [4.78, 5) is 0. The van der Waals surface area contributed by atoms with E-state index in [2.05, 4.69) is 20.8 Å². The van der Waals surface area contributed by atoms with Gasteiger partial charge in [0, 0.05) is 12.3 Å². The summed E-state index contributed by atoms with van der Waals surface area (Å²) >= 11 is 0. The molecule has 0 aromatic heterocycles. The number of hydrogen-bond donors (Lipinski definition) is 14. The lowest BCUT2D eigenvalue weighted by atomic mass is 9.44. The van der Waals surface area contributed by atoms with E-state index in [1.165, 1.54) is 12.5 Å². The maximum atomic E-state index is 12.2. The van der Waals surface area contributed by atoms with Crippen LogP contribution in [0.4, 0.5) is 0 Å². The van der Waals surface area contributed by atoms with E-state index in [0.29, 0.717) is 37.0 Å². The molecule has 9 rings (SSSR count). The van der Waals surface area contributed by atoms with Crippen molar-refractivity contribution >= 4 is 0 Å². The first-order valence-electron chi connectivity index (χ1n) is 26.9. The first kappa shape index (κ1) is 57.3. The fourth-order valence-corrected chi connectivity index (χ4v) is 15.2. The molecular formula is C51H84O23. The zero-order valence-electron chi connectivity index (χ0n) is 42.9. The quantitative estimate of drug-likeness (QED) is 0.0727. The minimum Gasteiger partial charge on any atom is -0.494 e. The molecule has 0 aromatic rings. The van der Waals surface area contributed by atoms with Crippen LogP contribution in [0.25, 0.3) is 0 Å². The predicted octanol–water partition coefficient (Wildman–Crippen LogP) is -3.01. The lowest BCUT2D eigenvalue weighted by Crippen LogP contribution is -2.67. The van der Waals surface area contributed by atoms with E-state index in [0.717, 1.165) is 44.3 Å². The van der Waals surface area contributed by atoms with Crippen molar-refractivity contribution in [3.05, 3.63) is 11.3 Å². The van der Waals surface area contributed by atoms with Crippen molar-refractivity contribution in [2.45, 2.75) is 234 Å². The zero-order valence-corrected chi connectivity index (χ0v) is 42.9. The van der Waals surface area contributed by atoms with Crippen LogP contribution < -0.4 is 0 Å². The predicted molar refractivity (Wildman–Crippen MR) is 250 cm³/mol. The number of rotatable bonds is 15. The molecule has 23 heteroatoms. The van der Waals surface area contributed by atoms with Gasteiger partial charge in [-0.3, -0.25) is 0 Å². The van der Waals surface area contributed by atoms with Gasteiger partial charge in [-0.2, -0.15) is 0 Å². The Morgan fingerprint density at radius 1 is 0.595 bits per heavy atom. The third kappa shape index (κ3) is 10.3. The van der Waals surface area contributed by atoms with Gasteiger partial charge >= 0.3 is 0 Å². The average Bonchev–Trinajstić information content (AvgIpc) is 3.87. The van der Waals surface area contributed by atoms with Crippen LogP contribution >= 0.6 is 0 Å². The van der Waals surface area contributed by atoms with E-state index in [1.807, 2.05) is 6.92 Å². The standard InChI is InChI=1S/C51H84O23/c1-19(18-66-46-41(63)39(61)35(57)30(15-52)70-46)6-9-27-20(2)33-29(68-27)13-25-23-8-7-22-12-28(26(55)14-51(22,5)24(23)10-11-50(25,33)4)69-49-45(74-47-42(64)38(60)34(56)21(3)67-47)44(37(59)32(17-54)72-49)73-48-43(65)40(62)36(58)31(16-53)71-48/h19,21-26,28-49,52-65H,6-18H2,1-5H3/t19-,21-,22-,23+,24-,25-,26+,28+,29-,30+,31+,32+,33-,34-,35+,36+,37+,38+,39-,40-,41+,42+,43+,44-,45+,46+,47-,48-,49+,50-,51-/m0/s1. The molecule has 14 N–H and O–H groups in total. The Bertz CT molecular complexity index is 1910. The Labute approximate surface area is 430 Å². The van der Waals surface area contributed by atoms with Gasteiger partial charge in [-0.15, -0.1) is 0 Å². The third-order valence-corrected chi connectivity index (χ3v) is 19.5. The molecule has 8 fully saturated rings. The Balaban J connectivity index is 0.866. The Morgan fingerprint density at radius 3 is 1.81 bits per heavy atom. The molecule has 4 aliphatic carbocycles. The number of ether oxygens (including phenoxy) is 9. The molecule has 5 heterocycles. The van der Waals surface area contributed by atoms with Gasteiger partial charge in [0.2, 0.25) is 0 Å². The minimum atomic E-state index is -1.91. The Morgan fingerprint density at radius 2 is 1.16 bits per heavy atom. The number of aliphatic hydroxyl groups excluding tert-OH is 14. The molecule has 0 aromatic carbocycles. The molecule has 4 saturated heterocycles. The number of fused-ring (bicyclic) bond motifs is 7. The lowest BCUT2D eigenvalue weighted by Gasteiger charge is -2.61. The van der Waals surface area contributed by atoms with Crippen LogP contribution in [0.5, 0.6) is 0 Å². The molecule has 23 nitrogen and oxygen atoms in total. The van der Waals surface area contributed by atoms with Gasteiger partial charge in [0.1, 0.15) is 97.7 Å². The summed E-state index contributed by atoms with van der Waals surface area (Å²) in [6.07, 6.45) is -25.9. The molecular weight excluding hydrogens is 981 g/mol. The summed E-state index contributed by atoms with van der Waals surface area (Å²) in [6, 6.07) is 0. The first-order chi connectivity index (χ1) is 35.1. The van der Waals surface area contributed by atoms with Gasteiger partial charge < -0.3 is 114 Å². The molecule has 5 aliphatic heterocycles. The van der Waals surface area contributed by atoms with Crippen molar-refractivity contribution in [1.82, 2.24) is 0 Å². The summed E-state index contributed by atoms with van der Waals surface area (Å²) in [7, 11) is 0. The molecule has 31 atom stereocenters. The number of hydrogen-bond acceptors (Lipinski definition) is 23. The average molecular weight is 1070 g/mol. The smallest absolute Gasteiger partial charge is 0.187 e. The summed E-state index contributed by atoms with van der Waals surface area (Å²) in [5.41, 5.74) is 1.03. The van der Waals surface area contributed by atoms with Crippen molar-refractivity contribution in [3.63, 3.8) is 0 Å². The van der Waals surface area contributed by atoms with Gasteiger partial charge in [-0.1, -0.05) is 20.8 Å². The van der Waals surface area contributed by atoms with Gasteiger partial charge in [0.05, 0.1) is 50.5 Å². The fourth-order valence-electron chi connectivity index (χ4n) is 15.2. The molecule has 4 saturated carbocycles. The van der Waals surface area contributed by atoms with Crippen LogP contribution in [-0.2, 0) is 42.6 Å². The molecule has 426 valence electrons. The second-order valence-corrected chi connectivity index (χ2v) is 23.8. The fraction of sp³-hybridized carbons (Fsp3) is 0.961. The highest BCUT2D eigenvalue weighted by atomic mass is 16.8. The zero-order chi connectivity index (χ0) is 53.5.